The van der Waals surface area contributed by atoms with Crippen molar-refractivity contribution < 1.29 is 29.3 Å². The summed E-state index contributed by atoms with van der Waals surface area (Å²) in [7, 11) is 1.28. The number of hydrogen-bond donors (Lipinski definition) is 2. The second kappa shape index (κ2) is 7.54. The van der Waals surface area contributed by atoms with Crippen LogP contribution in [0.25, 0.3) is 0 Å². The van der Waals surface area contributed by atoms with Gasteiger partial charge < -0.3 is 24.3 Å². The summed E-state index contributed by atoms with van der Waals surface area (Å²) in [6.07, 6.45) is 2.35. The van der Waals surface area contributed by atoms with Crippen molar-refractivity contribution in [2.75, 3.05) is 20.3 Å². The van der Waals surface area contributed by atoms with Crippen LogP contribution in [0.3, 0.4) is 0 Å². The lowest BCUT2D eigenvalue weighted by Gasteiger charge is -2.10. The largest absolute Gasteiger partial charge is 0.480 e. The van der Waals surface area contributed by atoms with Gasteiger partial charge in [0.2, 0.25) is 0 Å². The first-order valence-corrected chi connectivity index (χ1v) is 6.26. The molecule has 7 nitrogen and oxygen atoms in total. The highest BCUT2D eigenvalue weighted by molar-refractivity contribution is 5.73. The summed E-state index contributed by atoms with van der Waals surface area (Å²) in [6.45, 7) is 1.62. The molecule has 0 aliphatic heterocycles. The molecule has 1 aromatic heterocycles. The van der Waals surface area contributed by atoms with Crippen LogP contribution in [0.4, 0.5) is 0 Å². The Balaban J connectivity index is 3.13. The zero-order valence-corrected chi connectivity index (χ0v) is 11.6. The van der Waals surface area contributed by atoms with Crippen molar-refractivity contribution in [3.8, 4) is 5.75 Å². The van der Waals surface area contributed by atoms with Crippen molar-refractivity contribution in [3.63, 3.8) is 0 Å². The van der Waals surface area contributed by atoms with Crippen molar-refractivity contribution in [1.29, 1.82) is 0 Å². The van der Waals surface area contributed by atoms with Crippen molar-refractivity contribution in [1.82, 2.24) is 4.57 Å². The molecular weight excluding hydrogens is 266 g/mol. The first-order chi connectivity index (χ1) is 9.53. The molecule has 2 N–H and O–H groups in total. The average molecular weight is 285 g/mol. The smallest absolute Gasteiger partial charge is 0.341 e. The van der Waals surface area contributed by atoms with E-state index >= 15 is 0 Å². The fraction of sp³-hybridized carbons (Fsp3) is 0.538. The van der Waals surface area contributed by atoms with Gasteiger partial charge in [-0.25, -0.2) is 4.79 Å². The molecule has 0 aromatic carbocycles. The van der Waals surface area contributed by atoms with E-state index in [9.17, 15) is 9.59 Å². The number of carbonyl (C=O) groups is 2. The van der Waals surface area contributed by atoms with Crippen molar-refractivity contribution in [2.24, 2.45) is 0 Å². The van der Waals surface area contributed by atoms with Crippen LogP contribution in [-0.2, 0) is 33.7 Å². The summed E-state index contributed by atoms with van der Waals surface area (Å²) < 4.78 is 11.6. The van der Waals surface area contributed by atoms with Crippen LogP contribution in [0, 0.1) is 0 Å². The highest BCUT2D eigenvalue weighted by atomic mass is 16.5. The predicted octanol–water partition coefficient (Wildman–Crippen LogP) is 0.222. The second-order valence-electron chi connectivity index (χ2n) is 4.14. The molecule has 1 heterocycles. The van der Waals surface area contributed by atoms with E-state index in [0.717, 1.165) is 5.56 Å². The zero-order valence-electron chi connectivity index (χ0n) is 11.6. The Morgan fingerprint density at radius 2 is 2.10 bits per heavy atom. The van der Waals surface area contributed by atoms with Crippen LogP contribution in [0.5, 0.6) is 5.75 Å². The fourth-order valence-electron chi connectivity index (χ4n) is 1.90. The summed E-state index contributed by atoms with van der Waals surface area (Å²) in [5, 5.41) is 17.8. The van der Waals surface area contributed by atoms with Gasteiger partial charge in [0.15, 0.2) is 6.61 Å². The summed E-state index contributed by atoms with van der Waals surface area (Å²) in [4.78, 5) is 22.1. The number of aromatic nitrogens is 1. The third kappa shape index (κ3) is 3.99. The Kier molecular flexibility index (Phi) is 6.05. The molecule has 0 saturated heterocycles. The molecule has 0 atom stereocenters. The van der Waals surface area contributed by atoms with E-state index in [-0.39, 0.29) is 13.0 Å². The SMILES string of the molecule is CCc1cn(CCO)c(CC(=O)OC)c1OCC(=O)O. The highest BCUT2D eigenvalue weighted by Gasteiger charge is 2.20. The van der Waals surface area contributed by atoms with Crippen LogP contribution >= 0.6 is 0 Å². The quantitative estimate of drug-likeness (QED) is 0.663. The summed E-state index contributed by atoms with van der Waals surface area (Å²) in [5.74, 6) is -1.16. The average Bonchev–Trinajstić information content (AvgIpc) is 2.74. The maximum Gasteiger partial charge on any atom is 0.341 e. The van der Waals surface area contributed by atoms with E-state index in [1.54, 1.807) is 10.8 Å². The van der Waals surface area contributed by atoms with Crippen LogP contribution < -0.4 is 4.74 Å². The lowest BCUT2D eigenvalue weighted by molar-refractivity contribution is -0.140. The number of nitrogens with zero attached hydrogens (tertiary/aromatic N) is 1. The van der Waals surface area contributed by atoms with Gasteiger partial charge in [0.25, 0.3) is 0 Å². The topological polar surface area (TPSA) is 98.0 Å². The molecule has 0 unspecified atom stereocenters. The molecule has 112 valence electrons. The number of esters is 1. The van der Waals surface area contributed by atoms with Gasteiger partial charge >= 0.3 is 11.9 Å². The van der Waals surface area contributed by atoms with Crippen LogP contribution in [0.2, 0.25) is 0 Å². The molecule has 0 spiro atoms. The van der Waals surface area contributed by atoms with Crippen molar-refractivity contribution in [2.45, 2.75) is 26.3 Å². The maximum absolute atomic E-state index is 11.5. The van der Waals surface area contributed by atoms with Gasteiger partial charge in [-0.15, -0.1) is 0 Å². The Hall–Kier alpha value is -2.02. The Bertz CT molecular complexity index is 479. The van der Waals surface area contributed by atoms with Gasteiger partial charge in [0.1, 0.15) is 5.75 Å². The molecule has 0 aliphatic carbocycles. The number of aryl methyl sites for hydroxylation is 1. The van der Waals surface area contributed by atoms with E-state index in [2.05, 4.69) is 4.74 Å². The normalized spacial score (nSPS) is 10.3. The number of carboxylic acid groups (broad SMARTS) is 1. The van der Waals surface area contributed by atoms with Crippen LogP contribution in [-0.4, -0.2) is 47.0 Å². The maximum atomic E-state index is 11.5. The molecule has 20 heavy (non-hydrogen) atoms. The van der Waals surface area contributed by atoms with E-state index < -0.39 is 18.5 Å². The van der Waals surface area contributed by atoms with Gasteiger partial charge in [-0.05, 0) is 6.42 Å². The van der Waals surface area contributed by atoms with Gasteiger partial charge in [-0.1, -0.05) is 6.92 Å². The van der Waals surface area contributed by atoms with Crippen molar-refractivity contribution >= 4 is 11.9 Å². The lowest BCUT2D eigenvalue weighted by Crippen LogP contribution is -2.15. The first kappa shape index (κ1) is 16.0. The van der Waals surface area contributed by atoms with Crippen molar-refractivity contribution in [3.05, 3.63) is 17.5 Å². The third-order valence-electron chi connectivity index (χ3n) is 2.81. The molecule has 0 bridgehead atoms. The van der Waals surface area contributed by atoms with E-state index in [0.29, 0.717) is 24.4 Å². The number of carboxylic acids is 1. The minimum absolute atomic E-state index is 0.0363. The number of hydrogen-bond acceptors (Lipinski definition) is 5. The zero-order chi connectivity index (χ0) is 15.1. The van der Waals surface area contributed by atoms with Gasteiger partial charge in [0.05, 0.1) is 25.8 Å². The fourth-order valence-corrected chi connectivity index (χ4v) is 1.90. The molecule has 0 fully saturated rings. The monoisotopic (exact) mass is 285 g/mol. The second-order valence-corrected chi connectivity index (χ2v) is 4.14. The molecule has 1 aromatic rings. The number of rotatable bonds is 8. The minimum atomic E-state index is -1.09. The third-order valence-corrected chi connectivity index (χ3v) is 2.81. The molecule has 0 radical (unpaired) electrons. The molecule has 1 rings (SSSR count). The number of aliphatic hydroxyl groups is 1. The number of aliphatic hydroxyl groups excluding tert-OH is 1. The molecule has 7 heteroatoms. The molecular formula is C13H19NO6. The molecule has 0 aliphatic rings. The number of carbonyl (C=O) groups excluding carboxylic acids is 1. The highest BCUT2D eigenvalue weighted by Crippen LogP contribution is 2.28. The Morgan fingerprint density at radius 1 is 1.40 bits per heavy atom. The van der Waals surface area contributed by atoms with Gasteiger partial charge in [0, 0.05) is 18.3 Å². The summed E-state index contributed by atoms with van der Waals surface area (Å²) in [5.41, 5.74) is 1.31. The minimum Gasteiger partial charge on any atom is -0.480 e. The Morgan fingerprint density at radius 3 is 2.60 bits per heavy atom. The first-order valence-electron chi connectivity index (χ1n) is 6.26. The number of methoxy groups -OCH3 is 1. The lowest BCUT2D eigenvalue weighted by atomic mass is 10.2. The van der Waals surface area contributed by atoms with Gasteiger partial charge in [-0.3, -0.25) is 4.79 Å². The molecule has 0 saturated carbocycles. The van der Waals surface area contributed by atoms with E-state index in [1.807, 2.05) is 6.92 Å². The summed E-state index contributed by atoms with van der Waals surface area (Å²) in [6, 6.07) is 0. The van der Waals surface area contributed by atoms with Crippen LogP contribution in [0.15, 0.2) is 6.20 Å². The van der Waals surface area contributed by atoms with E-state index in [4.69, 9.17) is 14.9 Å². The summed E-state index contributed by atoms with van der Waals surface area (Å²) >= 11 is 0. The number of ether oxygens (including phenoxy) is 2. The molecule has 0 amide bonds. The Labute approximate surface area is 116 Å². The predicted molar refractivity (Wildman–Crippen MR) is 69.7 cm³/mol. The van der Waals surface area contributed by atoms with E-state index in [1.165, 1.54) is 7.11 Å². The van der Waals surface area contributed by atoms with Crippen LogP contribution in [0.1, 0.15) is 18.2 Å². The standard InChI is InChI=1S/C13H19NO6/c1-3-9-7-14(4-5-15)10(6-12(18)19-2)13(9)20-8-11(16)17/h7,15H,3-6,8H2,1-2H3,(H,16,17). The number of aliphatic carboxylic acids is 1. The van der Waals surface area contributed by atoms with Gasteiger partial charge in [-0.2, -0.15) is 0 Å².